The van der Waals surface area contributed by atoms with Gasteiger partial charge in [0, 0.05) is 0 Å². The molecule has 0 aliphatic rings. The normalized spacial score (nSPS) is 8.75. The summed E-state index contributed by atoms with van der Waals surface area (Å²) >= 11 is 0. The van der Waals surface area contributed by atoms with Crippen molar-refractivity contribution in [2.24, 2.45) is 0 Å². The molecule has 0 rings (SSSR count). The van der Waals surface area contributed by atoms with Gasteiger partial charge in [-0.3, -0.25) is 18.3 Å². The summed E-state index contributed by atoms with van der Waals surface area (Å²) in [4.78, 5) is 57.3. The van der Waals surface area contributed by atoms with Crippen molar-refractivity contribution in [3.8, 4) is 0 Å². The summed E-state index contributed by atoms with van der Waals surface area (Å²) in [5.41, 5.74) is 0. The van der Waals surface area contributed by atoms with Crippen LogP contribution < -0.4 is 0 Å². The molecule has 0 atom stereocenters. The van der Waals surface area contributed by atoms with Gasteiger partial charge in [-0.05, 0) is 0 Å². The Hall–Kier alpha value is 0.600. The van der Waals surface area contributed by atoms with E-state index in [1.165, 1.54) is 0 Å². The molecular weight excluding hydrogens is 316 g/mol. The molecule has 104 valence electrons. The van der Waals surface area contributed by atoms with Crippen LogP contribution in [0.5, 0.6) is 0 Å². The van der Waals surface area contributed by atoms with Crippen LogP contribution in [0.4, 0.5) is 0 Å². The highest BCUT2D eigenvalue weighted by Crippen LogP contribution is 1.99. The maximum absolute atomic E-state index is 8.74. The molecule has 0 aliphatic heterocycles. The van der Waals surface area contributed by atoms with E-state index in [0.717, 1.165) is 0 Å². The van der Waals surface area contributed by atoms with Crippen molar-refractivity contribution in [2.45, 2.75) is 0 Å². The predicted molar refractivity (Wildman–Crippen MR) is 53.8 cm³/mol. The Balaban J connectivity index is -0.0000000600. The molecule has 0 unspecified atom stereocenters. The summed E-state index contributed by atoms with van der Waals surface area (Å²) in [6.45, 7) is 0. The van der Waals surface area contributed by atoms with Gasteiger partial charge < -0.3 is 39.1 Å². The molecule has 0 aromatic carbocycles. The zero-order chi connectivity index (χ0) is 14.3. The Bertz CT molecular complexity index is 153. The zero-order valence-corrected chi connectivity index (χ0v) is 11.2. The van der Waals surface area contributed by atoms with Gasteiger partial charge in [-0.1, -0.05) is 0 Å². The molecule has 0 heterocycles. The minimum absolute atomic E-state index is 3.13. The standard InChI is InChI=1S/4H3O3P/c4*1-4(2)3/h4*4H,(H2,1,2,3). The first-order chi connectivity index (χ1) is 6.93. The van der Waals surface area contributed by atoms with E-state index in [-0.39, 0.29) is 0 Å². The minimum atomic E-state index is -3.13. The van der Waals surface area contributed by atoms with Crippen molar-refractivity contribution in [3.63, 3.8) is 0 Å². The number of hydrogen-bond acceptors (Lipinski definition) is 4. The van der Waals surface area contributed by atoms with E-state index in [4.69, 9.17) is 57.4 Å². The molecular formula is H12O12P4. The second-order valence-corrected chi connectivity index (χ2v) is 3.39. The lowest BCUT2D eigenvalue weighted by Crippen LogP contribution is -1.38. The Morgan fingerprint density at radius 3 is 0.375 bits per heavy atom. The quantitative estimate of drug-likeness (QED) is 0.215. The first-order valence-corrected chi connectivity index (χ1v) is 7.82. The molecule has 0 bridgehead atoms. The van der Waals surface area contributed by atoms with Gasteiger partial charge in [0.15, 0.2) is 0 Å². The van der Waals surface area contributed by atoms with Crippen molar-refractivity contribution in [1.82, 2.24) is 0 Å². The van der Waals surface area contributed by atoms with E-state index < -0.39 is 33.0 Å². The molecule has 0 saturated heterocycles. The average molecular weight is 328 g/mol. The van der Waals surface area contributed by atoms with E-state index in [2.05, 4.69) is 0 Å². The summed E-state index contributed by atoms with van der Waals surface area (Å²) in [5, 5.41) is 0. The molecule has 16 heteroatoms. The molecule has 0 amide bonds. The van der Waals surface area contributed by atoms with E-state index in [1.54, 1.807) is 0 Å². The zero-order valence-electron chi connectivity index (χ0n) is 7.21. The van der Waals surface area contributed by atoms with Gasteiger partial charge in [0.2, 0.25) is 0 Å². The Kier molecular flexibility index (Phi) is 33.3. The van der Waals surface area contributed by atoms with Gasteiger partial charge in [-0.15, -0.1) is 0 Å². The van der Waals surface area contributed by atoms with Gasteiger partial charge in [-0.25, -0.2) is 0 Å². The van der Waals surface area contributed by atoms with Crippen molar-refractivity contribution >= 4 is 33.0 Å². The second-order valence-electron chi connectivity index (χ2n) is 1.13. The largest absolute Gasteiger partial charge is 0.326 e. The Labute approximate surface area is 91.3 Å². The molecule has 8 N–H and O–H groups in total. The van der Waals surface area contributed by atoms with Crippen LogP contribution in [0.25, 0.3) is 0 Å². The SMILES string of the molecule is O=[PH](O)O.O=[PH](O)O.O=[PH](O)O.O=[PH](O)O. The summed E-state index contributed by atoms with van der Waals surface area (Å²) in [6.07, 6.45) is 0. The Morgan fingerprint density at radius 2 is 0.375 bits per heavy atom. The highest BCUT2D eigenvalue weighted by molar-refractivity contribution is 7.31. The van der Waals surface area contributed by atoms with Crippen LogP contribution in [0.1, 0.15) is 0 Å². The first-order valence-electron chi connectivity index (χ1n) is 2.61. The lowest BCUT2D eigenvalue weighted by Gasteiger charge is -1.61. The molecule has 0 aromatic heterocycles. The Morgan fingerprint density at radius 1 is 0.375 bits per heavy atom. The van der Waals surface area contributed by atoms with Crippen molar-refractivity contribution in [3.05, 3.63) is 0 Å². The maximum Gasteiger partial charge on any atom is 0.314 e. The topological polar surface area (TPSA) is 230 Å². The summed E-state index contributed by atoms with van der Waals surface area (Å²) < 4.78 is 35.0. The molecule has 0 radical (unpaired) electrons. The van der Waals surface area contributed by atoms with Crippen LogP contribution in [0.15, 0.2) is 0 Å². The van der Waals surface area contributed by atoms with Crippen molar-refractivity contribution < 1.29 is 57.4 Å². The lowest BCUT2D eigenvalue weighted by atomic mass is 15.8. The average Bonchev–Trinajstić information content (AvgIpc) is 1.76. The molecule has 12 nitrogen and oxygen atoms in total. The van der Waals surface area contributed by atoms with Crippen molar-refractivity contribution in [1.29, 1.82) is 0 Å². The summed E-state index contributed by atoms with van der Waals surface area (Å²) in [5.74, 6) is 0. The van der Waals surface area contributed by atoms with E-state index in [0.29, 0.717) is 0 Å². The minimum Gasteiger partial charge on any atom is -0.326 e. The third-order valence-electron chi connectivity index (χ3n) is 0. The monoisotopic (exact) mass is 328 g/mol. The first kappa shape index (κ1) is 25.4. The molecule has 0 aliphatic carbocycles. The van der Waals surface area contributed by atoms with Crippen LogP contribution in [0.2, 0.25) is 0 Å². The molecule has 0 fully saturated rings. The van der Waals surface area contributed by atoms with Gasteiger partial charge >= 0.3 is 33.0 Å². The molecule has 0 spiro atoms. The third-order valence-corrected chi connectivity index (χ3v) is 0. The van der Waals surface area contributed by atoms with Crippen molar-refractivity contribution in [2.75, 3.05) is 0 Å². The maximum atomic E-state index is 8.74. The fraction of sp³-hybridized carbons (Fsp3) is 0. The fourth-order valence-corrected chi connectivity index (χ4v) is 0. The van der Waals surface area contributed by atoms with Gasteiger partial charge in [0.05, 0.1) is 0 Å². The van der Waals surface area contributed by atoms with E-state index >= 15 is 0 Å². The van der Waals surface area contributed by atoms with Crippen LogP contribution in [0.3, 0.4) is 0 Å². The molecule has 0 saturated carbocycles. The second kappa shape index (κ2) is 20.9. The van der Waals surface area contributed by atoms with E-state index in [9.17, 15) is 0 Å². The highest BCUT2D eigenvalue weighted by atomic mass is 31.1. The van der Waals surface area contributed by atoms with Gasteiger partial charge in [-0.2, -0.15) is 0 Å². The highest BCUT2D eigenvalue weighted by Gasteiger charge is 1.62. The smallest absolute Gasteiger partial charge is 0.314 e. The predicted octanol–water partition coefficient (Wildman–Crippen LogP) is -2.56. The summed E-state index contributed by atoms with van der Waals surface area (Å²) in [6, 6.07) is 0. The lowest BCUT2D eigenvalue weighted by molar-refractivity contribution is 0.403. The van der Waals surface area contributed by atoms with Crippen LogP contribution >= 0.6 is 33.0 Å². The summed E-state index contributed by atoms with van der Waals surface area (Å²) in [7, 11) is -12.5. The molecule has 0 aromatic rings. The molecule has 16 heavy (non-hydrogen) atoms. The van der Waals surface area contributed by atoms with Crippen LogP contribution in [-0.2, 0) is 18.3 Å². The van der Waals surface area contributed by atoms with Crippen LogP contribution in [-0.4, -0.2) is 39.1 Å². The fourth-order valence-electron chi connectivity index (χ4n) is 0. The number of hydrogen-bond donors (Lipinski definition) is 8. The van der Waals surface area contributed by atoms with E-state index in [1.807, 2.05) is 0 Å². The van der Waals surface area contributed by atoms with Gasteiger partial charge in [0.25, 0.3) is 0 Å². The van der Waals surface area contributed by atoms with Gasteiger partial charge in [0.1, 0.15) is 0 Å². The number of rotatable bonds is 0. The third kappa shape index (κ3) is 7500. The van der Waals surface area contributed by atoms with Crippen LogP contribution in [0, 0.1) is 0 Å².